The van der Waals surface area contributed by atoms with Crippen LogP contribution in [0.25, 0.3) is 5.69 Å². The second-order valence-electron chi connectivity index (χ2n) is 5.71. The number of aromatic nitrogens is 2. The van der Waals surface area contributed by atoms with Gasteiger partial charge in [-0.2, -0.15) is 5.10 Å². The average Bonchev–Trinajstić information content (AvgIpc) is 3.19. The van der Waals surface area contributed by atoms with Crippen LogP contribution in [0.2, 0.25) is 0 Å². The molecule has 0 amide bonds. The van der Waals surface area contributed by atoms with Gasteiger partial charge < -0.3 is 4.74 Å². The molecule has 2 aromatic rings. The molecule has 1 aromatic heterocycles. The lowest BCUT2D eigenvalue weighted by Crippen LogP contribution is -2.39. The van der Waals surface area contributed by atoms with Crippen LogP contribution in [0.5, 0.6) is 0 Å². The van der Waals surface area contributed by atoms with E-state index >= 15 is 0 Å². The van der Waals surface area contributed by atoms with Crippen molar-refractivity contribution < 1.29 is 13.2 Å². The highest BCUT2D eigenvalue weighted by molar-refractivity contribution is 7.90. The zero-order chi connectivity index (χ0) is 16.3. The van der Waals surface area contributed by atoms with E-state index in [1.165, 1.54) is 0 Å². The van der Waals surface area contributed by atoms with E-state index in [4.69, 9.17) is 4.74 Å². The Bertz CT molecular complexity index is 726. The minimum Gasteiger partial charge on any atom is -0.377 e. The van der Waals surface area contributed by atoms with Gasteiger partial charge in [-0.15, -0.1) is 0 Å². The van der Waals surface area contributed by atoms with Gasteiger partial charge >= 0.3 is 0 Å². The van der Waals surface area contributed by atoms with Crippen LogP contribution in [-0.2, 0) is 21.2 Å². The quantitative estimate of drug-likeness (QED) is 0.868. The molecule has 23 heavy (non-hydrogen) atoms. The largest absolute Gasteiger partial charge is 0.377 e. The predicted molar refractivity (Wildman–Crippen MR) is 88.0 cm³/mol. The molecule has 1 fully saturated rings. The number of nitrogens with one attached hydrogen (secondary N) is 1. The third-order valence-electron chi connectivity index (χ3n) is 4.13. The van der Waals surface area contributed by atoms with Gasteiger partial charge in [0.15, 0.2) is 0 Å². The lowest BCUT2D eigenvalue weighted by Gasteiger charge is -2.15. The van der Waals surface area contributed by atoms with E-state index in [0.29, 0.717) is 26.0 Å². The normalized spacial score (nSPS) is 21.6. The zero-order valence-electron chi connectivity index (χ0n) is 13.1. The minimum absolute atomic E-state index is 0.235. The van der Waals surface area contributed by atoms with E-state index in [9.17, 15) is 8.42 Å². The summed E-state index contributed by atoms with van der Waals surface area (Å²) in [5.74, 6) is 0. The van der Waals surface area contributed by atoms with Gasteiger partial charge in [-0.25, -0.2) is 17.8 Å². The second-order valence-corrected chi connectivity index (χ2v) is 7.69. The van der Waals surface area contributed by atoms with Gasteiger partial charge in [0, 0.05) is 25.5 Å². The van der Waals surface area contributed by atoms with Gasteiger partial charge in [-0.05, 0) is 43.5 Å². The van der Waals surface area contributed by atoms with Crippen LogP contribution in [0.4, 0.5) is 0 Å². The van der Waals surface area contributed by atoms with E-state index in [0.717, 1.165) is 11.3 Å². The molecule has 7 heteroatoms. The van der Waals surface area contributed by atoms with Crippen LogP contribution in [0.3, 0.4) is 0 Å². The summed E-state index contributed by atoms with van der Waals surface area (Å²) < 4.78 is 34.3. The highest BCUT2D eigenvalue weighted by atomic mass is 32.2. The Morgan fingerprint density at radius 2 is 2.13 bits per heavy atom. The maximum atomic E-state index is 12.2. The summed E-state index contributed by atoms with van der Waals surface area (Å²) in [4.78, 5) is 0. The maximum absolute atomic E-state index is 12.2. The topological polar surface area (TPSA) is 73.2 Å². The van der Waals surface area contributed by atoms with Gasteiger partial charge in [-0.3, -0.25) is 0 Å². The minimum atomic E-state index is -3.31. The zero-order valence-corrected chi connectivity index (χ0v) is 13.9. The van der Waals surface area contributed by atoms with Crippen LogP contribution in [0, 0.1) is 0 Å². The van der Waals surface area contributed by atoms with E-state index in [-0.39, 0.29) is 6.10 Å². The van der Waals surface area contributed by atoms with Crippen molar-refractivity contribution in [1.82, 2.24) is 14.5 Å². The molecule has 2 heterocycles. The van der Waals surface area contributed by atoms with E-state index in [1.807, 2.05) is 43.5 Å². The second kappa shape index (κ2) is 6.82. The molecule has 3 rings (SSSR count). The molecule has 0 saturated carbocycles. The smallest absolute Gasteiger partial charge is 0.217 e. The summed E-state index contributed by atoms with van der Waals surface area (Å²) in [6.07, 6.45) is 4.60. The number of ether oxygens (including phenoxy) is 1. The number of hydrogen-bond donors (Lipinski definition) is 1. The van der Waals surface area contributed by atoms with Crippen molar-refractivity contribution in [2.75, 3.05) is 13.2 Å². The summed E-state index contributed by atoms with van der Waals surface area (Å²) in [5.41, 5.74) is 2.07. The fraction of sp³-hybridized carbons (Fsp3) is 0.438. The van der Waals surface area contributed by atoms with Gasteiger partial charge in [0.1, 0.15) is 5.25 Å². The Labute approximate surface area is 136 Å². The van der Waals surface area contributed by atoms with E-state index < -0.39 is 15.3 Å². The first-order valence-electron chi connectivity index (χ1n) is 7.75. The average molecular weight is 335 g/mol. The first-order valence-corrected chi connectivity index (χ1v) is 9.30. The third-order valence-corrected chi connectivity index (χ3v) is 6.15. The molecule has 124 valence electrons. The summed E-state index contributed by atoms with van der Waals surface area (Å²) in [7, 11) is -3.31. The molecule has 0 radical (unpaired) electrons. The Morgan fingerprint density at radius 3 is 2.74 bits per heavy atom. The predicted octanol–water partition coefficient (Wildman–Crippen LogP) is 1.51. The molecule has 0 bridgehead atoms. The highest BCUT2D eigenvalue weighted by Crippen LogP contribution is 2.19. The van der Waals surface area contributed by atoms with Gasteiger partial charge in [0.25, 0.3) is 0 Å². The Hall–Kier alpha value is -1.70. The van der Waals surface area contributed by atoms with Crippen LogP contribution in [0.1, 0.15) is 18.9 Å². The fourth-order valence-electron chi connectivity index (χ4n) is 2.80. The molecule has 6 nitrogen and oxygen atoms in total. The summed E-state index contributed by atoms with van der Waals surface area (Å²) >= 11 is 0. The number of rotatable bonds is 6. The van der Waals surface area contributed by atoms with Crippen molar-refractivity contribution in [2.24, 2.45) is 0 Å². The van der Waals surface area contributed by atoms with Crippen molar-refractivity contribution in [1.29, 1.82) is 0 Å². The molecular formula is C16H21N3O3S. The third kappa shape index (κ3) is 3.80. The number of nitrogens with zero attached hydrogens (tertiary/aromatic N) is 2. The number of hydrogen-bond acceptors (Lipinski definition) is 4. The standard InChI is InChI=1S/C16H21N3O3S/c1-13-16(8-12-22-13)23(20,21)18-10-7-14-3-5-15(6-4-14)19-11-2-9-17-19/h2-6,9,11,13,16,18H,7-8,10,12H2,1H3/t13-,16-/m1/s1. The molecule has 1 saturated heterocycles. The van der Waals surface area contributed by atoms with Gasteiger partial charge in [0.2, 0.25) is 10.0 Å². The van der Waals surface area contributed by atoms with Crippen molar-refractivity contribution in [2.45, 2.75) is 31.1 Å². The van der Waals surface area contributed by atoms with Gasteiger partial charge in [0.05, 0.1) is 11.8 Å². The molecule has 1 aliphatic rings. The lowest BCUT2D eigenvalue weighted by molar-refractivity contribution is 0.126. The van der Waals surface area contributed by atoms with E-state index in [1.54, 1.807) is 10.9 Å². The Balaban J connectivity index is 1.54. The van der Waals surface area contributed by atoms with Crippen LogP contribution < -0.4 is 4.72 Å². The van der Waals surface area contributed by atoms with Gasteiger partial charge in [-0.1, -0.05) is 12.1 Å². The maximum Gasteiger partial charge on any atom is 0.217 e. The Kier molecular flexibility index (Phi) is 4.79. The summed E-state index contributed by atoms with van der Waals surface area (Å²) in [6, 6.07) is 9.81. The highest BCUT2D eigenvalue weighted by Gasteiger charge is 2.35. The SMILES string of the molecule is C[C@H]1OCC[C@H]1S(=O)(=O)NCCc1ccc(-n2cccn2)cc1. The lowest BCUT2D eigenvalue weighted by atomic mass is 10.1. The van der Waals surface area contributed by atoms with Crippen molar-refractivity contribution in [3.05, 3.63) is 48.3 Å². The van der Waals surface area contributed by atoms with Crippen molar-refractivity contribution in [3.63, 3.8) is 0 Å². The van der Waals surface area contributed by atoms with Crippen molar-refractivity contribution >= 4 is 10.0 Å². The Morgan fingerprint density at radius 1 is 1.35 bits per heavy atom. The molecular weight excluding hydrogens is 314 g/mol. The number of benzene rings is 1. The molecule has 1 aliphatic heterocycles. The van der Waals surface area contributed by atoms with Crippen LogP contribution >= 0.6 is 0 Å². The number of sulfonamides is 1. The molecule has 1 N–H and O–H groups in total. The summed E-state index contributed by atoms with van der Waals surface area (Å²) in [6.45, 7) is 2.72. The molecule has 0 aliphatic carbocycles. The first kappa shape index (κ1) is 16.2. The molecule has 2 atom stereocenters. The van der Waals surface area contributed by atoms with Crippen molar-refractivity contribution in [3.8, 4) is 5.69 Å². The fourth-order valence-corrected chi connectivity index (χ4v) is 4.39. The summed E-state index contributed by atoms with van der Waals surface area (Å²) in [5, 5.41) is 3.73. The monoisotopic (exact) mass is 335 g/mol. The molecule has 0 unspecified atom stereocenters. The molecule has 0 spiro atoms. The van der Waals surface area contributed by atoms with E-state index in [2.05, 4.69) is 9.82 Å². The van der Waals surface area contributed by atoms with Crippen LogP contribution in [-0.4, -0.2) is 42.7 Å². The first-order chi connectivity index (χ1) is 11.1. The molecule has 1 aromatic carbocycles. The van der Waals surface area contributed by atoms with Crippen LogP contribution in [0.15, 0.2) is 42.7 Å².